The number of hydrogen-bond donors (Lipinski definition) is 1. The molecular weight excluding hydrogens is 402 g/mol. The number of aromatic nitrogens is 5. The summed E-state index contributed by atoms with van der Waals surface area (Å²) in [5.74, 6) is 0.360. The fourth-order valence-corrected chi connectivity index (χ4v) is 3.67. The first-order chi connectivity index (χ1) is 15.7. The number of nitrogens with zero attached hydrogens (tertiary/aromatic N) is 4. The topological polar surface area (TPSA) is 85.7 Å². The molecule has 0 fully saturated rings. The van der Waals surface area contributed by atoms with E-state index in [9.17, 15) is 4.79 Å². The van der Waals surface area contributed by atoms with Crippen molar-refractivity contribution >= 4 is 5.97 Å². The number of rotatable bonds is 8. The van der Waals surface area contributed by atoms with Gasteiger partial charge in [0.05, 0.1) is 5.69 Å². The molecular formula is C25H25N5O2. The van der Waals surface area contributed by atoms with E-state index in [0.717, 1.165) is 34.4 Å². The zero-order chi connectivity index (χ0) is 22.3. The number of H-pyrrole nitrogens is 1. The highest BCUT2D eigenvalue weighted by Gasteiger charge is 2.12. The van der Waals surface area contributed by atoms with Crippen LogP contribution in [0.25, 0.3) is 22.5 Å². The first kappa shape index (κ1) is 21.2. The van der Waals surface area contributed by atoms with E-state index < -0.39 is 0 Å². The first-order valence-electron chi connectivity index (χ1n) is 10.5. The lowest BCUT2D eigenvalue weighted by Crippen LogP contribution is -2.10. The average Bonchev–Trinajstić information content (AvgIpc) is 3.47. The number of nitrogens with one attached hydrogen (secondary N) is 1. The van der Waals surface area contributed by atoms with Crippen LogP contribution in [0.4, 0.5) is 0 Å². The van der Waals surface area contributed by atoms with Crippen LogP contribution in [-0.2, 0) is 29.1 Å². The second-order valence-electron chi connectivity index (χ2n) is 7.45. The van der Waals surface area contributed by atoms with Crippen molar-refractivity contribution in [2.45, 2.75) is 33.4 Å². The minimum absolute atomic E-state index is 0.266. The molecule has 1 N–H and O–H groups in total. The lowest BCUT2D eigenvalue weighted by Gasteiger charge is -2.14. The number of ether oxygens (including phenoxy) is 1. The van der Waals surface area contributed by atoms with Crippen LogP contribution in [0.2, 0.25) is 0 Å². The summed E-state index contributed by atoms with van der Waals surface area (Å²) in [6.45, 7) is 4.41. The molecule has 0 saturated heterocycles. The van der Waals surface area contributed by atoms with Crippen molar-refractivity contribution in [3.63, 3.8) is 0 Å². The normalized spacial score (nSPS) is 11.2. The predicted molar refractivity (Wildman–Crippen MR) is 123 cm³/mol. The largest absolute Gasteiger partial charge is 0.459 e. The summed E-state index contributed by atoms with van der Waals surface area (Å²) in [6, 6.07) is 20.6. The van der Waals surface area contributed by atoms with Gasteiger partial charge in [-0.3, -0.25) is 4.79 Å². The number of tetrazole rings is 1. The minimum Gasteiger partial charge on any atom is -0.459 e. The third-order valence-corrected chi connectivity index (χ3v) is 5.28. The Morgan fingerprint density at radius 2 is 1.78 bits per heavy atom. The van der Waals surface area contributed by atoms with Crippen molar-refractivity contribution in [1.82, 2.24) is 25.2 Å². The fraction of sp³-hybridized carbons (Fsp3) is 0.200. The maximum atomic E-state index is 11.3. The molecule has 2 aromatic carbocycles. The highest BCUT2D eigenvalue weighted by molar-refractivity contribution is 5.80. The maximum absolute atomic E-state index is 11.3. The van der Waals surface area contributed by atoms with Crippen LogP contribution in [0, 0.1) is 0 Å². The average molecular weight is 428 g/mol. The monoisotopic (exact) mass is 427 g/mol. The van der Waals surface area contributed by atoms with Crippen LogP contribution in [0.3, 0.4) is 0 Å². The van der Waals surface area contributed by atoms with Gasteiger partial charge in [-0.1, -0.05) is 60.7 Å². The van der Waals surface area contributed by atoms with Crippen LogP contribution in [-0.4, -0.2) is 31.2 Å². The summed E-state index contributed by atoms with van der Waals surface area (Å²) < 4.78 is 7.47. The molecule has 4 rings (SSSR count). The van der Waals surface area contributed by atoms with Gasteiger partial charge in [0.15, 0.2) is 5.82 Å². The smallest absolute Gasteiger partial charge is 0.303 e. The molecule has 0 aliphatic carbocycles. The molecule has 0 bridgehead atoms. The summed E-state index contributed by atoms with van der Waals surface area (Å²) in [6.07, 6.45) is 4.99. The summed E-state index contributed by atoms with van der Waals surface area (Å²) in [4.78, 5) is 11.3. The summed E-state index contributed by atoms with van der Waals surface area (Å²) >= 11 is 0. The number of hydrogen-bond acceptors (Lipinski definition) is 5. The van der Waals surface area contributed by atoms with Gasteiger partial charge in [0.2, 0.25) is 0 Å². The van der Waals surface area contributed by atoms with Crippen molar-refractivity contribution in [2.75, 3.05) is 0 Å². The molecule has 2 aromatic heterocycles. The third-order valence-electron chi connectivity index (χ3n) is 5.28. The van der Waals surface area contributed by atoms with E-state index >= 15 is 0 Å². The Morgan fingerprint density at radius 3 is 2.47 bits per heavy atom. The molecule has 0 atom stereocenters. The Kier molecular flexibility index (Phi) is 6.55. The second-order valence-corrected chi connectivity index (χ2v) is 7.45. The van der Waals surface area contributed by atoms with Crippen molar-refractivity contribution in [3.8, 4) is 22.5 Å². The Hall–Kier alpha value is -4.00. The molecule has 0 amide bonds. The van der Waals surface area contributed by atoms with Crippen molar-refractivity contribution in [3.05, 3.63) is 89.8 Å². The van der Waals surface area contributed by atoms with Crippen molar-refractivity contribution in [2.24, 2.45) is 0 Å². The molecule has 2 heterocycles. The zero-order valence-electron chi connectivity index (χ0n) is 18.2. The first-order valence-corrected chi connectivity index (χ1v) is 10.5. The molecule has 0 aliphatic heterocycles. The highest BCUT2D eigenvalue weighted by Crippen LogP contribution is 2.30. The summed E-state index contributed by atoms with van der Waals surface area (Å²) in [5.41, 5.74) is 6.41. The lowest BCUT2D eigenvalue weighted by molar-refractivity contribution is -0.142. The van der Waals surface area contributed by atoms with Crippen molar-refractivity contribution in [1.29, 1.82) is 0 Å². The molecule has 7 nitrogen and oxygen atoms in total. The molecule has 0 spiro atoms. The molecule has 0 aliphatic rings. The van der Waals surface area contributed by atoms with Crippen LogP contribution < -0.4 is 0 Å². The molecule has 32 heavy (non-hydrogen) atoms. The van der Waals surface area contributed by atoms with E-state index in [-0.39, 0.29) is 12.6 Å². The van der Waals surface area contributed by atoms with Gasteiger partial charge in [0.1, 0.15) is 6.61 Å². The van der Waals surface area contributed by atoms with Crippen LogP contribution in [0.5, 0.6) is 0 Å². The quantitative estimate of drug-likeness (QED) is 0.329. The molecule has 162 valence electrons. The van der Waals surface area contributed by atoms with E-state index in [1.807, 2.05) is 37.3 Å². The standard InChI is InChI=1S/C25H25N5O2/c1-3-4-7-21-14-15-22(17-32-18(2)31)30(21)16-19-10-12-20(13-11-19)23-8-5-6-9-24(23)25-26-28-29-27-25/h3-6,8-15H,7,16-17H2,1-2H3,(H,26,27,28,29). The van der Waals surface area contributed by atoms with Crippen molar-refractivity contribution < 1.29 is 9.53 Å². The fourth-order valence-electron chi connectivity index (χ4n) is 3.67. The van der Waals surface area contributed by atoms with Gasteiger partial charge in [0.25, 0.3) is 0 Å². The number of benzene rings is 2. The van der Waals surface area contributed by atoms with Crippen LogP contribution >= 0.6 is 0 Å². The third kappa shape index (κ3) is 4.83. The summed E-state index contributed by atoms with van der Waals surface area (Å²) in [7, 11) is 0. The second kappa shape index (κ2) is 9.87. The Bertz CT molecular complexity index is 1210. The molecule has 4 aromatic rings. The van der Waals surface area contributed by atoms with Gasteiger partial charge in [-0.25, -0.2) is 5.10 Å². The number of carbonyl (C=O) groups excluding carboxylic acids is 1. The highest BCUT2D eigenvalue weighted by atomic mass is 16.5. The maximum Gasteiger partial charge on any atom is 0.303 e. The Morgan fingerprint density at radius 1 is 1.03 bits per heavy atom. The van der Waals surface area contributed by atoms with Crippen LogP contribution in [0.15, 0.2) is 72.8 Å². The van der Waals surface area contributed by atoms with E-state index in [1.165, 1.54) is 12.6 Å². The predicted octanol–water partition coefficient (Wildman–Crippen LogP) is 4.57. The lowest BCUT2D eigenvalue weighted by atomic mass is 9.98. The zero-order valence-corrected chi connectivity index (χ0v) is 18.2. The number of aromatic amines is 1. The van der Waals surface area contributed by atoms with E-state index in [0.29, 0.717) is 12.4 Å². The van der Waals surface area contributed by atoms with Gasteiger partial charge in [-0.2, -0.15) is 0 Å². The van der Waals surface area contributed by atoms with Gasteiger partial charge in [0, 0.05) is 31.1 Å². The van der Waals surface area contributed by atoms with E-state index in [2.05, 4.69) is 67.7 Å². The summed E-state index contributed by atoms with van der Waals surface area (Å²) in [5, 5.41) is 14.3. The molecule has 0 radical (unpaired) electrons. The van der Waals surface area contributed by atoms with Gasteiger partial charge in [-0.15, -0.1) is 5.10 Å². The van der Waals surface area contributed by atoms with Gasteiger partial charge in [-0.05, 0) is 46.2 Å². The Labute approximate surface area is 186 Å². The minimum atomic E-state index is -0.280. The number of carbonyl (C=O) groups is 1. The SMILES string of the molecule is CC=CCc1ccc(COC(C)=O)n1Cc1ccc(-c2ccccc2-c2nnn[nH]2)cc1. The molecule has 0 unspecified atom stereocenters. The van der Waals surface area contributed by atoms with E-state index in [4.69, 9.17) is 4.74 Å². The van der Waals surface area contributed by atoms with Gasteiger partial charge < -0.3 is 9.30 Å². The number of allylic oxidation sites excluding steroid dienone is 2. The Balaban J connectivity index is 1.60. The number of esters is 1. The van der Waals surface area contributed by atoms with Crippen LogP contribution in [0.1, 0.15) is 30.8 Å². The molecule has 7 heteroatoms. The molecule has 0 saturated carbocycles. The van der Waals surface area contributed by atoms with E-state index in [1.54, 1.807) is 0 Å². The van der Waals surface area contributed by atoms with Gasteiger partial charge >= 0.3 is 5.97 Å².